The van der Waals surface area contributed by atoms with Gasteiger partial charge in [-0.1, -0.05) is 13.8 Å². The quantitative estimate of drug-likeness (QED) is 0.731. The van der Waals surface area contributed by atoms with Crippen molar-refractivity contribution in [1.29, 1.82) is 0 Å². The standard InChI is InChI=1S/C10H16FN3O2S/c1-8(2)13-3-4-14-17(15,16)10-5-9(11)6-12-7-10/h5-8,13-14H,3-4H2,1-2H3. The fraction of sp³-hybridized carbons (Fsp3) is 0.500. The second-order valence-electron chi connectivity index (χ2n) is 3.85. The van der Waals surface area contributed by atoms with Crippen molar-refractivity contribution in [2.75, 3.05) is 13.1 Å². The summed E-state index contributed by atoms with van der Waals surface area (Å²) in [6.45, 7) is 4.69. The maximum atomic E-state index is 12.8. The van der Waals surface area contributed by atoms with Gasteiger partial charge in [0.05, 0.1) is 6.20 Å². The van der Waals surface area contributed by atoms with E-state index in [1.807, 2.05) is 13.8 Å². The molecule has 1 heterocycles. The molecular weight excluding hydrogens is 245 g/mol. The Morgan fingerprint density at radius 2 is 2.06 bits per heavy atom. The minimum atomic E-state index is -3.67. The van der Waals surface area contributed by atoms with Crippen molar-refractivity contribution in [2.24, 2.45) is 0 Å². The molecular formula is C10H16FN3O2S. The van der Waals surface area contributed by atoms with Gasteiger partial charge in [-0.2, -0.15) is 0 Å². The van der Waals surface area contributed by atoms with E-state index in [2.05, 4.69) is 15.0 Å². The molecule has 0 aliphatic carbocycles. The molecule has 0 saturated carbocycles. The Morgan fingerprint density at radius 1 is 1.35 bits per heavy atom. The molecule has 0 saturated heterocycles. The van der Waals surface area contributed by atoms with Crippen molar-refractivity contribution in [1.82, 2.24) is 15.0 Å². The summed E-state index contributed by atoms with van der Waals surface area (Å²) in [5.41, 5.74) is 0. The van der Waals surface area contributed by atoms with Crippen LogP contribution in [-0.4, -0.2) is 32.5 Å². The lowest BCUT2D eigenvalue weighted by molar-refractivity contribution is 0.557. The Kier molecular flexibility index (Phi) is 4.98. The third-order valence-corrected chi connectivity index (χ3v) is 3.39. The first kappa shape index (κ1) is 14.0. The Labute approximate surface area is 101 Å². The summed E-state index contributed by atoms with van der Waals surface area (Å²) >= 11 is 0. The van der Waals surface area contributed by atoms with Crippen LogP contribution >= 0.6 is 0 Å². The summed E-state index contributed by atoms with van der Waals surface area (Å²) in [5.74, 6) is -0.673. The molecule has 0 atom stereocenters. The molecule has 17 heavy (non-hydrogen) atoms. The highest BCUT2D eigenvalue weighted by molar-refractivity contribution is 7.89. The lowest BCUT2D eigenvalue weighted by atomic mass is 10.4. The van der Waals surface area contributed by atoms with E-state index >= 15 is 0 Å². The smallest absolute Gasteiger partial charge is 0.242 e. The van der Waals surface area contributed by atoms with Gasteiger partial charge in [0.1, 0.15) is 10.7 Å². The number of nitrogens with one attached hydrogen (secondary N) is 2. The van der Waals surface area contributed by atoms with Crippen LogP contribution in [0, 0.1) is 5.82 Å². The molecule has 7 heteroatoms. The van der Waals surface area contributed by atoms with Gasteiger partial charge in [-0.3, -0.25) is 4.98 Å². The number of nitrogens with zero attached hydrogens (tertiary/aromatic N) is 1. The van der Waals surface area contributed by atoms with Gasteiger partial charge in [0, 0.05) is 25.3 Å². The zero-order valence-electron chi connectivity index (χ0n) is 9.77. The summed E-state index contributed by atoms with van der Waals surface area (Å²) in [5, 5.41) is 3.06. The van der Waals surface area contributed by atoms with Gasteiger partial charge in [-0.05, 0) is 6.07 Å². The fourth-order valence-electron chi connectivity index (χ4n) is 1.17. The van der Waals surface area contributed by atoms with Crippen molar-refractivity contribution in [2.45, 2.75) is 24.8 Å². The van der Waals surface area contributed by atoms with Gasteiger partial charge in [-0.25, -0.2) is 17.5 Å². The maximum absolute atomic E-state index is 12.8. The second kappa shape index (κ2) is 6.04. The third kappa shape index (κ3) is 4.76. The van der Waals surface area contributed by atoms with Crippen LogP contribution in [0.25, 0.3) is 0 Å². The van der Waals surface area contributed by atoms with Gasteiger partial charge in [0.15, 0.2) is 0 Å². The molecule has 0 bridgehead atoms. The van der Waals surface area contributed by atoms with E-state index in [4.69, 9.17) is 0 Å². The highest BCUT2D eigenvalue weighted by Crippen LogP contribution is 2.07. The monoisotopic (exact) mass is 261 g/mol. The van der Waals surface area contributed by atoms with Crippen LogP contribution < -0.4 is 10.0 Å². The van der Waals surface area contributed by atoms with Gasteiger partial charge in [-0.15, -0.1) is 0 Å². The molecule has 0 aliphatic heterocycles. The number of hydrogen-bond donors (Lipinski definition) is 2. The van der Waals surface area contributed by atoms with Crippen molar-refractivity contribution in [3.8, 4) is 0 Å². The lowest BCUT2D eigenvalue weighted by Gasteiger charge is -2.09. The van der Waals surface area contributed by atoms with Gasteiger partial charge in [0.2, 0.25) is 10.0 Å². The Hall–Kier alpha value is -1.05. The largest absolute Gasteiger partial charge is 0.313 e. The van der Waals surface area contributed by atoms with Gasteiger partial charge in [0.25, 0.3) is 0 Å². The summed E-state index contributed by atoms with van der Waals surface area (Å²) in [6, 6.07) is 1.22. The molecule has 1 aromatic rings. The molecule has 2 N–H and O–H groups in total. The van der Waals surface area contributed by atoms with E-state index in [-0.39, 0.29) is 17.5 Å². The van der Waals surface area contributed by atoms with E-state index in [9.17, 15) is 12.8 Å². The molecule has 0 radical (unpaired) electrons. The molecule has 1 rings (SSSR count). The first-order valence-corrected chi connectivity index (χ1v) is 6.74. The SMILES string of the molecule is CC(C)NCCNS(=O)(=O)c1cncc(F)c1. The average molecular weight is 261 g/mol. The van der Waals surface area contributed by atoms with Crippen LogP contribution in [0.3, 0.4) is 0 Å². The number of pyridine rings is 1. The van der Waals surface area contributed by atoms with Crippen molar-refractivity contribution >= 4 is 10.0 Å². The predicted molar refractivity (Wildman–Crippen MR) is 62.5 cm³/mol. The number of aromatic nitrogens is 1. The van der Waals surface area contributed by atoms with Crippen molar-refractivity contribution in [3.05, 3.63) is 24.3 Å². The predicted octanol–water partition coefficient (Wildman–Crippen LogP) is 0.497. The normalized spacial score (nSPS) is 12.0. The third-order valence-electron chi connectivity index (χ3n) is 1.96. The first-order valence-electron chi connectivity index (χ1n) is 5.25. The molecule has 0 fully saturated rings. The highest BCUT2D eigenvalue weighted by atomic mass is 32.2. The molecule has 0 spiro atoms. The van der Waals surface area contributed by atoms with Crippen molar-refractivity contribution < 1.29 is 12.8 Å². The molecule has 96 valence electrons. The average Bonchev–Trinajstić information content (AvgIpc) is 2.24. The highest BCUT2D eigenvalue weighted by Gasteiger charge is 2.14. The Morgan fingerprint density at radius 3 is 2.65 bits per heavy atom. The summed E-state index contributed by atoms with van der Waals surface area (Å²) in [4.78, 5) is 3.33. The summed E-state index contributed by atoms with van der Waals surface area (Å²) < 4.78 is 38.6. The van der Waals surface area contributed by atoms with E-state index in [1.54, 1.807) is 0 Å². The topological polar surface area (TPSA) is 71.1 Å². The minimum Gasteiger partial charge on any atom is -0.313 e. The van der Waals surface area contributed by atoms with E-state index in [1.165, 1.54) is 0 Å². The molecule has 1 aromatic heterocycles. The molecule has 5 nitrogen and oxygen atoms in total. The lowest BCUT2D eigenvalue weighted by Crippen LogP contribution is -2.34. The molecule has 0 aromatic carbocycles. The number of halogens is 1. The zero-order valence-corrected chi connectivity index (χ0v) is 10.6. The molecule has 0 amide bonds. The van der Waals surface area contributed by atoms with E-state index < -0.39 is 15.8 Å². The summed E-state index contributed by atoms with van der Waals surface area (Å²) in [6.07, 6.45) is 2.07. The van der Waals surface area contributed by atoms with Crippen LogP contribution in [0.4, 0.5) is 4.39 Å². The number of sulfonamides is 1. The van der Waals surface area contributed by atoms with Gasteiger partial charge >= 0.3 is 0 Å². The zero-order chi connectivity index (χ0) is 12.9. The van der Waals surface area contributed by atoms with Crippen LogP contribution in [-0.2, 0) is 10.0 Å². The van der Waals surface area contributed by atoms with Gasteiger partial charge < -0.3 is 5.32 Å². The number of hydrogen-bond acceptors (Lipinski definition) is 4. The van der Waals surface area contributed by atoms with Crippen LogP contribution in [0.2, 0.25) is 0 Å². The maximum Gasteiger partial charge on any atom is 0.242 e. The van der Waals surface area contributed by atoms with E-state index in [0.717, 1.165) is 18.5 Å². The van der Waals surface area contributed by atoms with Crippen LogP contribution in [0.1, 0.15) is 13.8 Å². The molecule has 0 unspecified atom stereocenters. The molecule has 0 aliphatic rings. The van der Waals surface area contributed by atoms with Crippen molar-refractivity contribution in [3.63, 3.8) is 0 Å². The van der Waals surface area contributed by atoms with Crippen LogP contribution in [0.5, 0.6) is 0 Å². The minimum absolute atomic E-state index is 0.165. The fourth-order valence-corrected chi connectivity index (χ4v) is 2.17. The van der Waals surface area contributed by atoms with E-state index in [0.29, 0.717) is 6.54 Å². The first-order chi connectivity index (χ1) is 7.92. The Balaban J connectivity index is 2.57. The Bertz CT molecular complexity index is 462. The number of rotatable bonds is 6. The summed E-state index contributed by atoms with van der Waals surface area (Å²) in [7, 11) is -3.67. The second-order valence-corrected chi connectivity index (χ2v) is 5.61. The van der Waals surface area contributed by atoms with Crippen LogP contribution in [0.15, 0.2) is 23.4 Å².